The Labute approximate surface area is 171 Å². The topological polar surface area (TPSA) is 88.9 Å². The summed E-state index contributed by atoms with van der Waals surface area (Å²) in [6, 6.07) is 13.0. The molecule has 0 fully saturated rings. The van der Waals surface area contributed by atoms with Gasteiger partial charge in [0.25, 0.3) is 5.91 Å². The summed E-state index contributed by atoms with van der Waals surface area (Å²) in [4.78, 5) is 24.8. The van der Waals surface area contributed by atoms with Gasteiger partial charge < -0.3 is 10.6 Å². The Morgan fingerprint density at radius 2 is 1.75 bits per heavy atom. The van der Waals surface area contributed by atoms with Gasteiger partial charge in [-0.05, 0) is 62.2 Å². The first kappa shape index (κ1) is 19.8. The van der Waals surface area contributed by atoms with Crippen molar-refractivity contribution in [1.29, 1.82) is 0 Å². The second-order valence-electron chi connectivity index (χ2n) is 6.44. The number of halogens is 1. The van der Waals surface area contributed by atoms with Crippen molar-refractivity contribution in [3.8, 4) is 0 Å². The smallest absolute Gasteiger partial charge is 0.278 e. The van der Waals surface area contributed by atoms with Gasteiger partial charge in [-0.1, -0.05) is 33.3 Å². The lowest BCUT2D eigenvalue weighted by molar-refractivity contribution is -0.117. The molecule has 0 atom stereocenters. The zero-order chi connectivity index (χ0) is 20.3. The molecule has 0 bridgehead atoms. The van der Waals surface area contributed by atoms with Gasteiger partial charge in [0.1, 0.15) is 6.54 Å². The van der Waals surface area contributed by atoms with Crippen LogP contribution >= 0.6 is 15.9 Å². The van der Waals surface area contributed by atoms with E-state index in [9.17, 15) is 9.59 Å². The molecule has 3 aromatic rings. The van der Waals surface area contributed by atoms with E-state index in [0.29, 0.717) is 11.4 Å². The van der Waals surface area contributed by atoms with Crippen LogP contribution in [0.1, 0.15) is 27.3 Å². The molecular formula is C20H20BrN5O2. The fourth-order valence-corrected chi connectivity index (χ4v) is 2.92. The monoisotopic (exact) mass is 441 g/mol. The lowest BCUT2D eigenvalue weighted by atomic mass is 10.1. The van der Waals surface area contributed by atoms with E-state index in [-0.39, 0.29) is 24.1 Å². The van der Waals surface area contributed by atoms with Crippen LogP contribution in [-0.2, 0) is 11.3 Å². The summed E-state index contributed by atoms with van der Waals surface area (Å²) in [6.45, 7) is 5.61. The molecule has 0 aliphatic heterocycles. The molecule has 0 saturated heterocycles. The maximum Gasteiger partial charge on any atom is 0.278 e. The van der Waals surface area contributed by atoms with Crippen LogP contribution in [0.5, 0.6) is 0 Å². The van der Waals surface area contributed by atoms with Crippen molar-refractivity contribution in [3.05, 3.63) is 69.5 Å². The molecule has 144 valence electrons. The predicted molar refractivity (Wildman–Crippen MR) is 111 cm³/mol. The number of anilines is 2. The summed E-state index contributed by atoms with van der Waals surface area (Å²) < 4.78 is 2.34. The summed E-state index contributed by atoms with van der Waals surface area (Å²) >= 11 is 3.35. The fourth-order valence-electron chi connectivity index (χ4n) is 2.66. The lowest BCUT2D eigenvalue weighted by Gasteiger charge is -2.09. The second kappa shape index (κ2) is 8.35. The second-order valence-corrected chi connectivity index (χ2v) is 7.35. The summed E-state index contributed by atoms with van der Waals surface area (Å²) in [5.74, 6) is -0.609. The Kier molecular flexibility index (Phi) is 5.89. The molecule has 28 heavy (non-hydrogen) atoms. The third kappa shape index (κ3) is 4.45. The molecule has 7 nitrogen and oxygen atoms in total. The lowest BCUT2D eigenvalue weighted by Crippen LogP contribution is -2.21. The number of aromatic nitrogens is 3. The van der Waals surface area contributed by atoms with Crippen LogP contribution in [0, 0.1) is 20.8 Å². The van der Waals surface area contributed by atoms with Crippen molar-refractivity contribution in [1.82, 2.24) is 15.0 Å². The van der Waals surface area contributed by atoms with E-state index in [1.165, 1.54) is 4.68 Å². The van der Waals surface area contributed by atoms with Crippen LogP contribution in [0.2, 0.25) is 0 Å². The molecule has 0 spiro atoms. The molecule has 0 aliphatic rings. The van der Waals surface area contributed by atoms with Crippen LogP contribution in [0.4, 0.5) is 11.4 Å². The zero-order valence-electron chi connectivity index (χ0n) is 15.8. The number of benzene rings is 2. The van der Waals surface area contributed by atoms with Crippen LogP contribution in [0.25, 0.3) is 0 Å². The Morgan fingerprint density at radius 1 is 1.04 bits per heavy atom. The number of aryl methyl sites for hydroxylation is 1. The van der Waals surface area contributed by atoms with Crippen LogP contribution in [-0.4, -0.2) is 26.8 Å². The number of rotatable bonds is 5. The maximum atomic E-state index is 12.6. The highest BCUT2D eigenvalue weighted by atomic mass is 79.9. The first-order chi connectivity index (χ1) is 13.3. The van der Waals surface area contributed by atoms with E-state index >= 15 is 0 Å². The average Bonchev–Trinajstić information content (AvgIpc) is 3.01. The Hall–Kier alpha value is -3.00. The van der Waals surface area contributed by atoms with E-state index in [2.05, 4.69) is 36.9 Å². The summed E-state index contributed by atoms with van der Waals surface area (Å²) in [5.41, 5.74) is 4.20. The fraction of sp³-hybridized carbons (Fsp3) is 0.200. The van der Waals surface area contributed by atoms with Gasteiger partial charge in [0.15, 0.2) is 5.69 Å². The van der Waals surface area contributed by atoms with Gasteiger partial charge in [-0.25, -0.2) is 4.68 Å². The van der Waals surface area contributed by atoms with Crippen molar-refractivity contribution in [3.63, 3.8) is 0 Å². The van der Waals surface area contributed by atoms with E-state index in [1.807, 2.05) is 44.2 Å². The van der Waals surface area contributed by atoms with Gasteiger partial charge in [-0.15, -0.1) is 5.10 Å². The van der Waals surface area contributed by atoms with E-state index in [4.69, 9.17) is 0 Å². The molecule has 1 heterocycles. The molecule has 0 aliphatic carbocycles. The van der Waals surface area contributed by atoms with Gasteiger partial charge in [0, 0.05) is 15.8 Å². The number of carbonyl (C=O) groups excluding carboxylic acids is 2. The summed E-state index contributed by atoms with van der Waals surface area (Å²) in [6.07, 6.45) is 0. The third-order valence-corrected chi connectivity index (χ3v) is 5.00. The van der Waals surface area contributed by atoms with Crippen LogP contribution in [0.3, 0.4) is 0 Å². The number of nitrogens with zero attached hydrogens (tertiary/aromatic N) is 3. The number of nitrogens with one attached hydrogen (secondary N) is 2. The molecule has 1 aromatic heterocycles. The van der Waals surface area contributed by atoms with E-state index in [1.54, 1.807) is 19.1 Å². The van der Waals surface area contributed by atoms with Crippen molar-refractivity contribution in [2.45, 2.75) is 27.3 Å². The van der Waals surface area contributed by atoms with E-state index < -0.39 is 0 Å². The minimum atomic E-state index is -0.356. The molecule has 0 unspecified atom stereocenters. The molecule has 2 N–H and O–H groups in total. The van der Waals surface area contributed by atoms with Gasteiger partial charge in [0.05, 0.1) is 5.69 Å². The zero-order valence-corrected chi connectivity index (χ0v) is 17.4. The van der Waals surface area contributed by atoms with Crippen molar-refractivity contribution in [2.75, 3.05) is 10.6 Å². The van der Waals surface area contributed by atoms with E-state index in [0.717, 1.165) is 21.3 Å². The molecule has 2 aromatic carbocycles. The number of carbonyl (C=O) groups is 2. The maximum absolute atomic E-state index is 12.6. The van der Waals surface area contributed by atoms with Crippen LogP contribution in [0.15, 0.2) is 46.9 Å². The molecule has 3 rings (SSSR count). The minimum absolute atomic E-state index is 0.0361. The number of amides is 2. The highest BCUT2D eigenvalue weighted by Gasteiger charge is 2.19. The summed E-state index contributed by atoms with van der Waals surface area (Å²) in [5, 5.41) is 13.6. The SMILES string of the molecule is Cc1cccc(NC(=O)c2nnn(CC(=O)Nc3ccc(Br)cc3)c2C)c1C. The summed E-state index contributed by atoms with van der Waals surface area (Å²) in [7, 11) is 0. The predicted octanol–water partition coefficient (Wildman–Crippen LogP) is 3.86. The van der Waals surface area contributed by atoms with Gasteiger partial charge >= 0.3 is 0 Å². The first-order valence-electron chi connectivity index (χ1n) is 8.68. The standard InChI is InChI=1S/C20H20BrN5O2/c1-12-5-4-6-17(13(12)2)23-20(28)19-14(3)26(25-24-19)11-18(27)22-16-9-7-15(21)8-10-16/h4-10H,11H2,1-3H3,(H,22,27)(H,23,28). The quantitative estimate of drug-likeness (QED) is 0.628. The van der Waals surface area contributed by atoms with Gasteiger partial charge in [0.2, 0.25) is 5.91 Å². The van der Waals surface area contributed by atoms with Gasteiger partial charge in [-0.3, -0.25) is 9.59 Å². The average molecular weight is 442 g/mol. The van der Waals surface area contributed by atoms with Crippen molar-refractivity contribution in [2.24, 2.45) is 0 Å². The van der Waals surface area contributed by atoms with Crippen LogP contribution < -0.4 is 10.6 Å². The number of hydrogen-bond acceptors (Lipinski definition) is 4. The molecule has 8 heteroatoms. The Balaban J connectivity index is 1.69. The highest BCUT2D eigenvalue weighted by molar-refractivity contribution is 9.10. The molecule has 2 amide bonds. The first-order valence-corrected chi connectivity index (χ1v) is 9.47. The Bertz CT molecular complexity index is 1030. The molecular weight excluding hydrogens is 422 g/mol. The largest absolute Gasteiger partial charge is 0.324 e. The van der Waals surface area contributed by atoms with Crippen molar-refractivity contribution < 1.29 is 9.59 Å². The highest BCUT2D eigenvalue weighted by Crippen LogP contribution is 2.19. The normalized spacial score (nSPS) is 10.6. The number of hydrogen-bond donors (Lipinski definition) is 2. The van der Waals surface area contributed by atoms with Gasteiger partial charge in [-0.2, -0.15) is 0 Å². The molecule has 0 radical (unpaired) electrons. The minimum Gasteiger partial charge on any atom is -0.324 e. The molecule has 0 saturated carbocycles. The Morgan fingerprint density at radius 3 is 2.46 bits per heavy atom. The van der Waals surface area contributed by atoms with Crippen molar-refractivity contribution >= 4 is 39.1 Å². The third-order valence-electron chi connectivity index (χ3n) is 4.47.